The van der Waals surface area contributed by atoms with Crippen LogP contribution in [0.4, 0.5) is 0 Å². The van der Waals surface area contributed by atoms with Gasteiger partial charge in [-0.3, -0.25) is 9.20 Å². The molecule has 5 nitrogen and oxygen atoms in total. The number of halogens is 1. The van der Waals surface area contributed by atoms with Crippen LogP contribution < -0.4 is 5.73 Å². The molecular weight excluding hydrogens is 264 g/mol. The van der Waals surface area contributed by atoms with Crippen LogP contribution in [0, 0.1) is 0 Å². The van der Waals surface area contributed by atoms with Crippen molar-refractivity contribution in [3.05, 3.63) is 53.6 Å². The van der Waals surface area contributed by atoms with Gasteiger partial charge in [-0.05, 0) is 23.8 Å². The third-order valence-electron chi connectivity index (χ3n) is 2.80. The van der Waals surface area contributed by atoms with E-state index in [4.69, 9.17) is 17.3 Å². The van der Waals surface area contributed by atoms with Crippen LogP contribution in [0.15, 0.2) is 42.9 Å². The molecule has 94 valence electrons. The minimum absolute atomic E-state index is 0.163. The number of amides is 1. The van der Waals surface area contributed by atoms with Crippen molar-refractivity contribution in [2.75, 3.05) is 0 Å². The molecule has 0 aliphatic heterocycles. The molecule has 3 rings (SSSR count). The van der Waals surface area contributed by atoms with E-state index in [1.54, 1.807) is 22.7 Å². The average molecular weight is 273 g/mol. The summed E-state index contributed by atoms with van der Waals surface area (Å²) >= 11 is 5.87. The molecule has 0 spiro atoms. The van der Waals surface area contributed by atoms with E-state index in [1.807, 2.05) is 18.2 Å². The molecule has 0 radical (unpaired) electrons. The zero-order valence-corrected chi connectivity index (χ0v) is 10.5. The molecule has 1 aromatic carbocycles. The van der Waals surface area contributed by atoms with Gasteiger partial charge in [0.15, 0.2) is 11.3 Å². The lowest BCUT2D eigenvalue weighted by atomic mass is 10.1. The van der Waals surface area contributed by atoms with E-state index in [2.05, 4.69) is 9.97 Å². The first-order valence-electron chi connectivity index (χ1n) is 5.54. The standard InChI is InChI=1S/C13H9ClN4O/c14-9-3-1-8(2-4-9)10-5-6-16-13-11(12(15)19)17-7-18(10)13/h1-7H,(H2,15,19). The second-order valence-electron chi connectivity index (χ2n) is 3.99. The number of benzene rings is 1. The van der Waals surface area contributed by atoms with Gasteiger partial charge in [-0.2, -0.15) is 0 Å². The lowest BCUT2D eigenvalue weighted by molar-refractivity contribution is 0.0997. The Balaban J connectivity index is 2.25. The van der Waals surface area contributed by atoms with Crippen molar-refractivity contribution >= 4 is 23.2 Å². The quantitative estimate of drug-likeness (QED) is 0.777. The molecule has 1 amide bonds. The number of rotatable bonds is 2. The van der Waals surface area contributed by atoms with Gasteiger partial charge >= 0.3 is 0 Å². The van der Waals surface area contributed by atoms with Gasteiger partial charge < -0.3 is 5.73 Å². The van der Waals surface area contributed by atoms with Crippen LogP contribution in [-0.2, 0) is 0 Å². The van der Waals surface area contributed by atoms with E-state index in [1.165, 1.54) is 6.33 Å². The molecule has 6 heteroatoms. The maximum atomic E-state index is 11.3. The van der Waals surface area contributed by atoms with Gasteiger partial charge in [-0.25, -0.2) is 9.97 Å². The molecule has 0 bridgehead atoms. The lowest BCUT2D eigenvalue weighted by Gasteiger charge is -2.05. The Morgan fingerprint density at radius 2 is 1.89 bits per heavy atom. The molecule has 19 heavy (non-hydrogen) atoms. The number of carbonyl (C=O) groups is 1. The van der Waals surface area contributed by atoms with Crippen molar-refractivity contribution in [2.45, 2.75) is 0 Å². The predicted molar refractivity (Wildman–Crippen MR) is 72.0 cm³/mol. The van der Waals surface area contributed by atoms with Crippen LogP contribution in [0.5, 0.6) is 0 Å². The van der Waals surface area contributed by atoms with E-state index in [0.717, 1.165) is 11.3 Å². The third-order valence-corrected chi connectivity index (χ3v) is 3.06. The van der Waals surface area contributed by atoms with E-state index < -0.39 is 5.91 Å². The smallest absolute Gasteiger partial charge is 0.271 e. The largest absolute Gasteiger partial charge is 0.364 e. The second-order valence-corrected chi connectivity index (χ2v) is 4.42. The summed E-state index contributed by atoms with van der Waals surface area (Å²) in [5.41, 5.74) is 7.68. The summed E-state index contributed by atoms with van der Waals surface area (Å²) < 4.78 is 1.73. The minimum Gasteiger partial charge on any atom is -0.364 e. The molecule has 0 saturated carbocycles. The maximum absolute atomic E-state index is 11.3. The number of imidazole rings is 1. The Morgan fingerprint density at radius 1 is 1.16 bits per heavy atom. The highest BCUT2D eigenvalue weighted by molar-refractivity contribution is 6.30. The Hall–Kier alpha value is -2.40. The van der Waals surface area contributed by atoms with Crippen molar-refractivity contribution < 1.29 is 4.79 Å². The number of hydrogen-bond donors (Lipinski definition) is 1. The first kappa shape index (κ1) is 11.7. The van der Waals surface area contributed by atoms with Gasteiger partial charge in [0, 0.05) is 11.2 Å². The van der Waals surface area contributed by atoms with Crippen molar-refractivity contribution in [1.82, 2.24) is 14.4 Å². The van der Waals surface area contributed by atoms with Crippen LogP contribution in [0.1, 0.15) is 10.5 Å². The summed E-state index contributed by atoms with van der Waals surface area (Å²) in [6.07, 6.45) is 3.15. The van der Waals surface area contributed by atoms with Crippen LogP contribution >= 0.6 is 11.6 Å². The molecule has 2 N–H and O–H groups in total. The van der Waals surface area contributed by atoms with Crippen LogP contribution in [0.2, 0.25) is 5.02 Å². The average Bonchev–Trinajstić information content (AvgIpc) is 2.83. The second kappa shape index (κ2) is 4.37. The van der Waals surface area contributed by atoms with Gasteiger partial charge in [-0.15, -0.1) is 0 Å². The topological polar surface area (TPSA) is 73.3 Å². The Bertz CT molecular complexity index is 764. The first-order chi connectivity index (χ1) is 9.16. The summed E-state index contributed by atoms with van der Waals surface area (Å²) in [4.78, 5) is 19.4. The van der Waals surface area contributed by atoms with E-state index >= 15 is 0 Å². The lowest BCUT2D eigenvalue weighted by Crippen LogP contribution is -2.12. The van der Waals surface area contributed by atoms with Crippen molar-refractivity contribution in [1.29, 1.82) is 0 Å². The monoisotopic (exact) mass is 272 g/mol. The number of nitrogens with zero attached hydrogens (tertiary/aromatic N) is 3. The fraction of sp³-hybridized carbons (Fsp3) is 0. The highest BCUT2D eigenvalue weighted by Gasteiger charge is 2.13. The van der Waals surface area contributed by atoms with Gasteiger partial charge in [0.05, 0.1) is 5.69 Å². The Morgan fingerprint density at radius 3 is 2.58 bits per heavy atom. The van der Waals surface area contributed by atoms with Gasteiger partial charge in [0.25, 0.3) is 5.91 Å². The van der Waals surface area contributed by atoms with Crippen molar-refractivity contribution in [2.24, 2.45) is 5.73 Å². The molecule has 0 aliphatic carbocycles. The molecule has 2 aromatic heterocycles. The number of aromatic nitrogens is 3. The van der Waals surface area contributed by atoms with E-state index in [0.29, 0.717) is 10.7 Å². The van der Waals surface area contributed by atoms with E-state index in [-0.39, 0.29) is 5.69 Å². The molecule has 0 saturated heterocycles. The maximum Gasteiger partial charge on any atom is 0.271 e. The number of hydrogen-bond acceptors (Lipinski definition) is 3. The molecule has 0 aliphatic rings. The Labute approximate surface area is 113 Å². The normalized spacial score (nSPS) is 10.8. The number of primary amides is 1. The fourth-order valence-corrected chi connectivity index (χ4v) is 2.06. The summed E-state index contributed by atoms with van der Waals surface area (Å²) in [7, 11) is 0. The predicted octanol–water partition coefficient (Wildman–Crippen LogP) is 2.15. The molecule has 3 aromatic rings. The molecule has 2 heterocycles. The first-order valence-corrected chi connectivity index (χ1v) is 5.92. The number of nitrogens with two attached hydrogens (primary N) is 1. The summed E-state index contributed by atoms with van der Waals surface area (Å²) in [6, 6.07) is 9.22. The van der Waals surface area contributed by atoms with Crippen molar-refractivity contribution in [3.8, 4) is 11.3 Å². The number of carbonyl (C=O) groups excluding carboxylic acids is 1. The van der Waals surface area contributed by atoms with Crippen LogP contribution in [0.25, 0.3) is 16.9 Å². The van der Waals surface area contributed by atoms with E-state index in [9.17, 15) is 4.79 Å². The molecular formula is C13H9ClN4O. The van der Waals surface area contributed by atoms with Crippen molar-refractivity contribution in [3.63, 3.8) is 0 Å². The van der Waals surface area contributed by atoms with Gasteiger partial charge in [0.2, 0.25) is 0 Å². The Kier molecular flexibility index (Phi) is 2.68. The highest BCUT2D eigenvalue weighted by Crippen LogP contribution is 2.22. The molecule has 0 fully saturated rings. The van der Waals surface area contributed by atoms with Gasteiger partial charge in [-0.1, -0.05) is 23.7 Å². The third kappa shape index (κ3) is 1.94. The highest BCUT2D eigenvalue weighted by atomic mass is 35.5. The summed E-state index contributed by atoms with van der Waals surface area (Å²) in [6.45, 7) is 0. The zero-order chi connectivity index (χ0) is 13.4. The van der Waals surface area contributed by atoms with Crippen LogP contribution in [-0.4, -0.2) is 20.3 Å². The van der Waals surface area contributed by atoms with Gasteiger partial charge in [0.1, 0.15) is 6.33 Å². The fourth-order valence-electron chi connectivity index (χ4n) is 1.93. The van der Waals surface area contributed by atoms with Crippen LogP contribution in [0.3, 0.4) is 0 Å². The summed E-state index contributed by atoms with van der Waals surface area (Å²) in [5, 5.41) is 0.664. The SMILES string of the molecule is NC(=O)c1ncn2c(-c3ccc(Cl)cc3)ccnc12. The molecule has 0 unspecified atom stereocenters. The summed E-state index contributed by atoms with van der Waals surface area (Å²) in [5.74, 6) is -0.594. The zero-order valence-electron chi connectivity index (χ0n) is 9.75. The number of fused-ring (bicyclic) bond motifs is 1. The molecule has 0 atom stereocenters. The minimum atomic E-state index is -0.594.